The Kier molecular flexibility index (Phi) is 7.63. The molecule has 34 heavy (non-hydrogen) atoms. The third-order valence-electron chi connectivity index (χ3n) is 6.71. The molecule has 7 heteroatoms. The van der Waals surface area contributed by atoms with Crippen LogP contribution in [0.3, 0.4) is 0 Å². The number of carbonyl (C=O) groups excluding carboxylic acids is 3. The van der Waals surface area contributed by atoms with Crippen molar-refractivity contribution in [3.05, 3.63) is 54.1 Å². The largest absolute Gasteiger partial charge is 0.493 e. The summed E-state index contributed by atoms with van der Waals surface area (Å²) in [5.74, 6) is -0.191. The Morgan fingerprint density at radius 3 is 2.62 bits per heavy atom. The van der Waals surface area contributed by atoms with Crippen LogP contribution in [0.15, 0.2) is 43.0 Å². The first-order valence-electron chi connectivity index (χ1n) is 12.1. The highest BCUT2D eigenvalue weighted by Crippen LogP contribution is 2.36. The Hall–Kier alpha value is -3.19. The summed E-state index contributed by atoms with van der Waals surface area (Å²) in [5.41, 5.74) is 1.12. The van der Waals surface area contributed by atoms with Crippen LogP contribution >= 0.6 is 0 Å². The maximum atomic E-state index is 13.3. The zero-order chi connectivity index (χ0) is 24.1. The molecule has 1 unspecified atom stereocenters. The van der Waals surface area contributed by atoms with E-state index in [9.17, 15) is 14.4 Å². The predicted molar refractivity (Wildman–Crippen MR) is 130 cm³/mol. The van der Waals surface area contributed by atoms with Crippen molar-refractivity contribution in [2.24, 2.45) is 0 Å². The molecule has 0 spiro atoms. The molecular formula is C27H32N2O5. The zero-order valence-electron chi connectivity index (χ0n) is 19.8. The van der Waals surface area contributed by atoms with Crippen molar-refractivity contribution >= 4 is 28.6 Å². The Labute approximate surface area is 200 Å². The van der Waals surface area contributed by atoms with Gasteiger partial charge in [-0.25, -0.2) is 4.79 Å². The molecule has 7 nitrogen and oxygen atoms in total. The Morgan fingerprint density at radius 1 is 1.09 bits per heavy atom. The van der Waals surface area contributed by atoms with Crippen LogP contribution in [0.1, 0.15) is 59.7 Å². The number of imide groups is 1. The highest BCUT2D eigenvalue weighted by Gasteiger charge is 2.36. The summed E-state index contributed by atoms with van der Waals surface area (Å²) < 4.78 is 11.0. The molecule has 2 heterocycles. The van der Waals surface area contributed by atoms with E-state index in [-0.39, 0.29) is 17.9 Å². The quantitative estimate of drug-likeness (QED) is 0.215. The SMILES string of the molecule is C=CC(=O)OCCCCCOc1ccc2c3c(cccc13)C(=O)N(CC1CCCN1CC)C2=O. The third-order valence-corrected chi connectivity index (χ3v) is 6.71. The van der Waals surface area contributed by atoms with Crippen LogP contribution in [0.25, 0.3) is 10.8 Å². The van der Waals surface area contributed by atoms with Gasteiger partial charge in [-0.15, -0.1) is 0 Å². The lowest BCUT2D eigenvalue weighted by atomic mass is 9.93. The maximum absolute atomic E-state index is 13.3. The van der Waals surface area contributed by atoms with E-state index in [0.717, 1.165) is 56.7 Å². The average Bonchev–Trinajstić information content (AvgIpc) is 3.31. The molecule has 0 bridgehead atoms. The van der Waals surface area contributed by atoms with Gasteiger partial charge in [0.2, 0.25) is 0 Å². The number of hydrogen-bond acceptors (Lipinski definition) is 6. The number of benzene rings is 2. The average molecular weight is 465 g/mol. The second-order valence-electron chi connectivity index (χ2n) is 8.77. The van der Waals surface area contributed by atoms with Gasteiger partial charge >= 0.3 is 5.97 Å². The van der Waals surface area contributed by atoms with Gasteiger partial charge in [-0.3, -0.25) is 19.4 Å². The first-order valence-corrected chi connectivity index (χ1v) is 12.1. The molecule has 2 aromatic carbocycles. The number of amides is 2. The molecule has 0 aromatic heterocycles. The zero-order valence-corrected chi connectivity index (χ0v) is 19.8. The predicted octanol–water partition coefficient (Wildman–Crippen LogP) is 4.20. The molecule has 4 rings (SSSR count). The van der Waals surface area contributed by atoms with Crippen molar-refractivity contribution in [1.82, 2.24) is 9.80 Å². The summed E-state index contributed by atoms with van der Waals surface area (Å²) in [7, 11) is 0. The van der Waals surface area contributed by atoms with E-state index >= 15 is 0 Å². The van der Waals surface area contributed by atoms with Crippen molar-refractivity contribution in [2.45, 2.75) is 45.1 Å². The van der Waals surface area contributed by atoms with Crippen molar-refractivity contribution < 1.29 is 23.9 Å². The summed E-state index contributed by atoms with van der Waals surface area (Å²) in [5, 5.41) is 1.47. The number of rotatable bonds is 11. The first-order chi connectivity index (χ1) is 16.5. The lowest BCUT2D eigenvalue weighted by molar-refractivity contribution is -0.137. The maximum Gasteiger partial charge on any atom is 0.330 e. The number of ether oxygens (including phenoxy) is 2. The van der Waals surface area contributed by atoms with E-state index in [2.05, 4.69) is 18.4 Å². The minimum absolute atomic E-state index is 0.224. The van der Waals surface area contributed by atoms with Crippen LogP contribution in [0.2, 0.25) is 0 Å². The van der Waals surface area contributed by atoms with Crippen LogP contribution in [0, 0.1) is 0 Å². The normalized spacial score (nSPS) is 17.9. The van der Waals surface area contributed by atoms with E-state index in [1.54, 1.807) is 12.1 Å². The first kappa shape index (κ1) is 24.0. The van der Waals surface area contributed by atoms with Gasteiger partial charge in [-0.2, -0.15) is 0 Å². The van der Waals surface area contributed by atoms with Crippen molar-refractivity contribution in [3.63, 3.8) is 0 Å². The second kappa shape index (κ2) is 10.8. The van der Waals surface area contributed by atoms with E-state index in [1.807, 2.05) is 18.2 Å². The molecule has 1 saturated heterocycles. The molecular weight excluding hydrogens is 432 g/mol. The van der Waals surface area contributed by atoms with E-state index < -0.39 is 5.97 Å². The molecule has 1 fully saturated rings. The van der Waals surface area contributed by atoms with Gasteiger partial charge in [0.1, 0.15) is 5.75 Å². The van der Waals surface area contributed by atoms with Crippen LogP contribution < -0.4 is 4.74 Å². The number of hydrogen-bond donors (Lipinski definition) is 0. The minimum Gasteiger partial charge on any atom is -0.493 e. The summed E-state index contributed by atoms with van der Waals surface area (Å²) in [4.78, 5) is 41.5. The number of esters is 1. The van der Waals surface area contributed by atoms with Gasteiger partial charge in [0.05, 0.1) is 13.2 Å². The smallest absolute Gasteiger partial charge is 0.330 e. The molecule has 0 aliphatic carbocycles. The number of likely N-dealkylation sites (tertiary alicyclic amines) is 1. The molecule has 180 valence electrons. The van der Waals surface area contributed by atoms with E-state index in [4.69, 9.17) is 9.47 Å². The molecule has 2 amide bonds. The number of likely N-dealkylation sites (N-methyl/N-ethyl adjacent to an activating group) is 1. The van der Waals surface area contributed by atoms with Crippen LogP contribution in [0.4, 0.5) is 0 Å². The standard InChI is InChI=1S/C27H32N2O5/c1-3-24(30)34-17-7-5-6-16-33-23-14-13-22-25-20(23)11-8-12-21(25)26(31)29(27(22)32)18-19-10-9-15-28(19)4-2/h3,8,11-14,19H,1,4-7,9-10,15-18H2,2H3. The lowest BCUT2D eigenvalue weighted by Crippen LogP contribution is -2.47. The molecule has 0 saturated carbocycles. The summed E-state index contributed by atoms with van der Waals surface area (Å²) in [6.07, 6.45) is 5.67. The Balaban J connectivity index is 1.44. The van der Waals surface area contributed by atoms with Gasteiger partial charge in [0.15, 0.2) is 0 Å². The van der Waals surface area contributed by atoms with Crippen LogP contribution in [-0.2, 0) is 9.53 Å². The Bertz CT molecular complexity index is 1070. The molecule has 2 aromatic rings. The molecule has 0 radical (unpaired) electrons. The van der Waals surface area contributed by atoms with E-state index in [0.29, 0.717) is 42.0 Å². The molecule has 2 aliphatic heterocycles. The minimum atomic E-state index is -0.409. The number of nitrogens with zero attached hydrogens (tertiary/aromatic N) is 2. The molecule has 2 aliphatic rings. The van der Waals surface area contributed by atoms with Crippen molar-refractivity contribution in [3.8, 4) is 5.75 Å². The monoisotopic (exact) mass is 464 g/mol. The van der Waals surface area contributed by atoms with Crippen LogP contribution in [0.5, 0.6) is 5.75 Å². The highest BCUT2D eigenvalue weighted by molar-refractivity contribution is 6.26. The topological polar surface area (TPSA) is 76.2 Å². The molecule has 1 atom stereocenters. The second-order valence-corrected chi connectivity index (χ2v) is 8.77. The fourth-order valence-corrected chi connectivity index (χ4v) is 4.93. The summed E-state index contributed by atoms with van der Waals surface area (Å²) in [6, 6.07) is 9.38. The fraction of sp³-hybridized carbons (Fsp3) is 0.444. The van der Waals surface area contributed by atoms with Crippen molar-refractivity contribution in [1.29, 1.82) is 0 Å². The van der Waals surface area contributed by atoms with E-state index in [1.165, 1.54) is 4.90 Å². The third kappa shape index (κ3) is 4.85. The highest BCUT2D eigenvalue weighted by atomic mass is 16.5. The van der Waals surface area contributed by atoms with Gasteiger partial charge in [-0.1, -0.05) is 25.6 Å². The Morgan fingerprint density at radius 2 is 1.85 bits per heavy atom. The molecule has 0 N–H and O–H groups in total. The van der Waals surface area contributed by atoms with Gasteiger partial charge in [0.25, 0.3) is 11.8 Å². The summed E-state index contributed by atoms with van der Waals surface area (Å²) in [6.45, 7) is 8.73. The van der Waals surface area contributed by atoms with Gasteiger partial charge < -0.3 is 9.47 Å². The van der Waals surface area contributed by atoms with Gasteiger partial charge in [-0.05, 0) is 63.4 Å². The summed E-state index contributed by atoms with van der Waals surface area (Å²) >= 11 is 0. The van der Waals surface area contributed by atoms with Gasteiger partial charge in [0, 0.05) is 40.6 Å². The number of carbonyl (C=O) groups is 3. The van der Waals surface area contributed by atoms with Crippen molar-refractivity contribution in [2.75, 3.05) is 32.8 Å². The lowest BCUT2D eigenvalue weighted by Gasteiger charge is -2.32. The van der Waals surface area contributed by atoms with Crippen LogP contribution in [-0.4, -0.2) is 66.5 Å². The number of unbranched alkanes of at least 4 members (excludes halogenated alkanes) is 2. The fourth-order valence-electron chi connectivity index (χ4n) is 4.93.